The maximum atomic E-state index is 11.5. The minimum atomic E-state index is -0.0903. The standard InChI is InChI=1S/C14H25N5O2S.HI/c1-4-11-9-18-13(22-11)5-6-17-14(15-2)19-10-12(20)16-7-8-21-3;/h9H,4-8,10H2,1-3H3,(H,16,20)(H2,15,17,19);1H. The number of thiazole rings is 1. The van der Waals surface area contributed by atoms with Crippen LogP contribution in [0.1, 0.15) is 16.8 Å². The number of halogens is 1. The van der Waals surface area contributed by atoms with Gasteiger partial charge in [-0.15, -0.1) is 35.3 Å². The molecule has 0 fully saturated rings. The molecule has 1 rings (SSSR count). The summed E-state index contributed by atoms with van der Waals surface area (Å²) in [6.45, 7) is 4.04. The van der Waals surface area contributed by atoms with Crippen LogP contribution in [-0.2, 0) is 22.4 Å². The highest BCUT2D eigenvalue weighted by molar-refractivity contribution is 14.0. The summed E-state index contributed by atoms with van der Waals surface area (Å²) in [5.74, 6) is 0.515. The third-order valence-corrected chi connectivity index (χ3v) is 4.05. The SMILES string of the molecule is CCc1cnc(CCNC(=NC)NCC(=O)NCCOC)s1.I. The molecule has 0 aromatic carbocycles. The van der Waals surface area contributed by atoms with Crippen LogP contribution in [0, 0.1) is 0 Å². The number of ether oxygens (including phenoxy) is 1. The summed E-state index contributed by atoms with van der Waals surface area (Å²) in [7, 11) is 3.28. The fourth-order valence-corrected chi connectivity index (χ4v) is 2.52. The van der Waals surface area contributed by atoms with Gasteiger partial charge in [-0.2, -0.15) is 0 Å². The van der Waals surface area contributed by atoms with Crippen LogP contribution in [0.5, 0.6) is 0 Å². The van der Waals surface area contributed by atoms with Gasteiger partial charge in [0.1, 0.15) is 0 Å². The Bertz CT molecular complexity index is 481. The first-order valence-corrected chi connectivity index (χ1v) is 8.15. The lowest BCUT2D eigenvalue weighted by Crippen LogP contribution is -2.44. The average molecular weight is 455 g/mol. The maximum absolute atomic E-state index is 11.5. The third-order valence-electron chi connectivity index (χ3n) is 2.85. The monoisotopic (exact) mass is 455 g/mol. The second kappa shape index (κ2) is 13.5. The third kappa shape index (κ3) is 9.72. The van der Waals surface area contributed by atoms with Crippen molar-refractivity contribution >= 4 is 47.2 Å². The predicted octanol–water partition coefficient (Wildman–Crippen LogP) is 0.794. The van der Waals surface area contributed by atoms with Crippen LogP contribution < -0.4 is 16.0 Å². The van der Waals surface area contributed by atoms with Crippen molar-refractivity contribution in [2.75, 3.05) is 40.4 Å². The van der Waals surface area contributed by atoms with Crippen LogP contribution in [0.15, 0.2) is 11.2 Å². The van der Waals surface area contributed by atoms with Crippen LogP contribution in [0.25, 0.3) is 0 Å². The van der Waals surface area contributed by atoms with E-state index in [2.05, 4.69) is 32.9 Å². The number of guanidine groups is 1. The van der Waals surface area contributed by atoms with Crippen molar-refractivity contribution in [1.29, 1.82) is 0 Å². The van der Waals surface area contributed by atoms with Crippen LogP contribution in [0.2, 0.25) is 0 Å². The maximum Gasteiger partial charge on any atom is 0.239 e. The molecule has 23 heavy (non-hydrogen) atoms. The molecule has 0 saturated carbocycles. The highest BCUT2D eigenvalue weighted by Gasteiger charge is 2.04. The van der Waals surface area contributed by atoms with Gasteiger partial charge in [-0.25, -0.2) is 4.98 Å². The molecular weight excluding hydrogens is 429 g/mol. The molecule has 7 nitrogen and oxygen atoms in total. The van der Waals surface area contributed by atoms with Gasteiger partial charge < -0.3 is 20.7 Å². The van der Waals surface area contributed by atoms with Gasteiger partial charge in [-0.1, -0.05) is 6.92 Å². The number of nitrogens with zero attached hydrogens (tertiary/aromatic N) is 2. The zero-order valence-corrected chi connectivity index (χ0v) is 17.0. The van der Waals surface area contributed by atoms with Gasteiger partial charge in [0.05, 0.1) is 18.2 Å². The van der Waals surface area contributed by atoms with Crippen molar-refractivity contribution < 1.29 is 9.53 Å². The summed E-state index contributed by atoms with van der Waals surface area (Å²) in [6.07, 6.45) is 3.79. The fraction of sp³-hybridized carbons (Fsp3) is 0.643. The van der Waals surface area contributed by atoms with Gasteiger partial charge >= 0.3 is 0 Å². The van der Waals surface area contributed by atoms with E-state index in [9.17, 15) is 4.79 Å². The molecule has 0 bridgehead atoms. The van der Waals surface area contributed by atoms with Crippen molar-refractivity contribution in [3.63, 3.8) is 0 Å². The fourth-order valence-electron chi connectivity index (χ4n) is 1.65. The molecule has 0 aliphatic heterocycles. The number of rotatable bonds is 9. The van der Waals surface area contributed by atoms with Gasteiger partial charge in [0.2, 0.25) is 5.91 Å². The first-order chi connectivity index (χ1) is 10.7. The van der Waals surface area contributed by atoms with Crippen LogP contribution in [-0.4, -0.2) is 57.2 Å². The molecular formula is C14H26IN5O2S. The predicted molar refractivity (Wildman–Crippen MR) is 105 cm³/mol. The topological polar surface area (TPSA) is 87.6 Å². The normalized spacial score (nSPS) is 10.8. The van der Waals surface area contributed by atoms with E-state index in [1.54, 1.807) is 25.5 Å². The molecule has 0 unspecified atom stereocenters. The van der Waals surface area contributed by atoms with E-state index in [4.69, 9.17) is 4.74 Å². The van der Waals surface area contributed by atoms with Crippen molar-refractivity contribution in [3.8, 4) is 0 Å². The minimum Gasteiger partial charge on any atom is -0.383 e. The Balaban J connectivity index is 0.00000484. The highest BCUT2D eigenvalue weighted by atomic mass is 127. The zero-order valence-electron chi connectivity index (χ0n) is 13.8. The first-order valence-electron chi connectivity index (χ1n) is 7.33. The number of amides is 1. The quantitative estimate of drug-likeness (QED) is 0.222. The van der Waals surface area contributed by atoms with Gasteiger partial charge in [-0.3, -0.25) is 9.79 Å². The summed E-state index contributed by atoms with van der Waals surface area (Å²) < 4.78 is 4.87. The summed E-state index contributed by atoms with van der Waals surface area (Å²) in [4.78, 5) is 21.3. The number of hydrogen-bond acceptors (Lipinski definition) is 5. The smallest absolute Gasteiger partial charge is 0.239 e. The lowest BCUT2D eigenvalue weighted by Gasteiger charge is -2.11. The summed E-state index contributed by atoms with van der Waals surface area (Å²) >= 11 is 1.73. The summed E-state index contributed by atoms with van der Waals surface area (Å²) in [6, 6.07) is 0. The van der Waals surface area contributed by atoms with Gasteiger partial charge in [0, 0.05) is 44.7 Å². The Morgan fingerprint density at radius 2 is 2.13 bits per heavy atom. The van der Waals surface area contributed by atoms with E-state index < -0.39 is 0 Å². The van der Waals surface area contributed by atoms with Crippen molar-refractivity contribution in [2.45, 2.75) is 19.8 Å². The molecule has 1 heterocycles. The van der Waals surface area contributed by atoms with E-state index in [0.717, 1.165) is 24.4 Å². The van der Waals surface area contributed by atoms with Gasteiger partial charge in [0.15, 0.2) is 5.96 Å². The lowest BCUT2D eigenvalue weighted by molar-refractivity contribution is -0.120. The lowest BCUT2D eigenvalue weighted by atomic mass is 10.4. The molecule has 1 aromatic heterocycles. The molecule has 0 atom stereocenters. The largest absolute Gasteiger partial charge is 0.383 e. The number of carbonyl (C=O) groups is 1. The number of aryl methyl sites for hydroxylation is 1. The zero-order chi connectivity index (χ0) is 16.2. The Morgan fingerprint density at radius 3 is 2.74 bits per heavy atom. The van der Waals surface area contributed by atoms with E-state index in [1.165, 1.54) is 4.88 Å². The van der Waals surface area contributed by atoms with E-state index in [0.29, 0.717) is 19.1 Å². The molecule has 0 aliphatic rings. The van der Waals surface area contributed by atoms with Crippen molar-refractivity contribution in [1.82, 2.24) is 20.9 Å². The molecule has 9 heteroatoms. The number of methoxy groups -OCH3 is 1. The number of hydrogen-bond donors (Lipinski definition) is 3. The summed E-state index contributed by atoms with van der Waals surface area (Å²) in [5, 5.41) is 9.98. The van der Waals surface area contributed by atoms with Gasteiger partial charge in [0.25, 0.3) is 0 Å². The summed E-state index contributed by atoms with van der Waals surface area (Å²) in [5.41, 5.74) is 0. The number of aliphatic imine (C=N–C) groups is 1. The second-order valence-electron chi connectivity index (χ2n) is 4.52. The number of carbonyl (C=O) groups excluding carboxylic acids is 1. The average Bonchev–Trinajstić information content (AvgIpc) is 2.99. The van der Waals surface area contributed by atoms with Crippen LogP contribution in [0.4, 0.5) is 0 Å². The first kappa shape index (κ1) is 22.1. The molecule has 132 valence electrons. The second-order valence-corrected chi connectivity index (χ2v) is 5.72. The molecule has 0 spiro atoms. The van der Waals surface area contributed by atoms with Crippen LogP contribution in [0.3, 0.4) is 0 Å². The minimum absolute atomic E-state index is 0. The molecule has 1 aromatic rings. The van der Waals surface area contributed by atoms with Crippen molar-refractivity contribution in [2.24, 2.45) is 4.99 Å². The molecule has 0 saturated heterocycles. The van der Waals surface area contributed by atoms with E-state index in [-0.39, 0.29) is 36.4 Å². The highest BCUT2D eigenvalue weighted by Crippen LogP contribution is 2.13. The Hall–Kier alpha value is -0.940. The van der Waals surface area contributed by atoms with E-state index in [1.807, 2.05) is 6.20 Å². The van der Waals surface area contributed by atoms with E-state index >= 15 is 0 Å². The Morgan fingerprint density at radius 1 is 1.35 bits per heavy atom. The number of aromatic nitrogens is 1. The molecule has 0 radical (unpaired) electrons. The molecule has 3 N–H and O–H groups in total. The van der Waals surface area contributed by atoms with Crippen molar-refractivity contribution in [3.05, 3.63) is 16.1 Å². The molecule has 0 aliphatic carbocycles. The van der Waals surface area contributed by atoms with Gasteiger partial charge in [-0.05, 0) is 6.42 Å². The molecule has 1 amide bonds. The Kier molecular flexibility index (Phi) is 12.9. The number of nitrogens with one attached hydrogen (secondary N) is 3. The Labute approximate surface area is 158 Å². The van der Waals surface area contributed by atoms with Crippen LogP contribution >= 0.6 is 35.3 Å².